The van der Waals surface area contributed by atoms with Crippen LogP contribution in [0.4, 0.5) is 0 Å². The summed E-state index contributed by atoms with van der Waals surface area (Å²) in [5.41, 5.74) is 0. The van der Waals surface area contributed by atoms with Gasteiger partial charge in [-0.05, 0) is 24.3 Å². The molecule has 2 rings (SSSR count). The van der Waals surface area contributed by atoms with Gasteiger partial charge in [-0.1, -0.05) is 23.7 Å². The molecule has 0 aliphatic carbocycles. The molecule has 1 aromatic heterocycles. The van der Waals surface area contributed by atoms with Crippen LogP contribution in [-0.4, -0.2) is 30.4 Å². The molecule has 0 aliphatic rings. The molecule has 1 N–H and O–H groups in total. The quantitative estimate of drug-likeness (QED) is 0.786. The zero-order valence-corrected chi connectivity index (χ0v) is 13.6. The van der Waals surface area contributed by atoms with Gasteiger partial charge in [0.2, 0.25) is 0 Å². The number of methoxy groups -OCH3 is 1. The fourth-order valence-corrected chi connectivity index (χ4v) is 3.25. The fourth-order valence-electron chi connectivity index (χ4n) is 1.77. The Kier molecular flexibility index (Phi) is 6.18. The Labute approximate surface area is 136 Å². The number of carbonyl (C=O) groups excluding carboxylic acids is 1. The summed E-state index contributed by atoms with van der Waals surface area (Å²) >= 11 is 6.01. The molecular formula is C15H16ClNO4S. The van der Waals surface area contributed by atoms with Crippen LogP contribution >= 0.6 is 11.6 Å². The van der Waals surface area contributed by atoms with E-state index in [0.29, 0.717) is 28.8 Å². The van der Waals surface area contributed by atoms with Crippen LogP contribution in [0.25, 0.3) is 0 Å². The maximum atomic E-state index is 12.3. The number of hydrogen-bond acceptors (Lipinski definition) is 4. The summed E-state index contributed by atoms with van der Waals surface area (Å²) in [7, 11) is 0.227. The van der Waals surface area contributed by atoms with Gasteiger partial charge in [-0.25, -0.2) is 0 Å². The summed E-state index contributed by atoms with van der Waals surface area (Å²) in [6, 6.07) is 10.1. The minimum Gasteiger partial charge on any atom is -0.455 e. The van der Waals surface area contributed by atoms with E-state index in [-0.39, 0.29) is 17.4 Å². The Morgan fingerprint density at radius 2 is 2.09 bits per heavy atom. The molecule has 0 saturated carbocycles. The van der Waals surface area contributed by atoms with Crippen molar-refractivity contribution in [1.29, 1.82) is 0 Å². The lowest BCUT2D eigenvalue weighted by atomic mass is 10.4. The van der Waals surface area contributed by atoms with Gasteiger partial charge in [-0.15, -0.1) is 0 Å². The van der Waals surface area contributed by atoms with E-state index in [0.717, 1.165) is 0 Å². The lowest BCUT2D eigenvalue weighted by Crippen LogP contribution is -2.26. The van der Waals surface area contributed by atoms with E-state index in [2.05, 4.69) is 5.32 Å². The molecule has 1 aromatic carbocycles. The maximum Gasteiger partial charge on any atom is 0.287 e. The van der Waals surface area contributed by atoms with Gasteiger partial charge in [0.1, 0.15) is 5.76 Å². The zero-order chi connectivity index (χ0) is 15.9. The van der Waals surface area contributed by atoms with Crippen molar-refractivity contribution in [2.24, 2.45) is 0 Å². The second kappa shape index (κ2) is 8.12. The zero-order valence-electron chi connectivity index (χ0n) is 12.0. The first kappa shape index (κ1) is 16.7. The van der Waals surface area contributed by atoms with Crippen LogP contribution < -0.4 is 5.32 Å². The number of nitrogens with one attached hydrogen (secondary N) is 1. The third-order valence-electron chi connectivity index (χ3n) is 2.83. The molecule has 5 nitrogen and oxygen atoms in total. The number of benzene rings is 1. The monoisotopic (exact) mass is 341 g/mol. The largest absolute Gasteiger partial charge is 0.455 e. The highest BCUT2D eigenvalue weighted by Crippen LogP contribution is 2.22. The molecule has 0 fully saturated rings. The van der Waals surface area contributed by atoms with Crippen molar-refractivity contribution < 1.29 is 18.2 Å². The van der Waals surface area contributed by atoms with Gasteiger partial charge in [0, 0.05) is 13.7 Å². The number of furan rings is 1. The van der Waals surface area contributed by atoms with E-state index in [1.54, 1.807) is 43.5 Å². The number of halogens is 1. The average molecular weight is 342 g/mol. The van der Waals surface area contributed by atoms with Gasteiger partial charge in [0.05, 0.1) is 33.1 Å². The van der Waals surface area contributed by atoms with Crippen molar-refractivity contribution in [2.75, 3.05) is 20.3 Å². The summed E-state index contributed by atoms with van der Waals surface area (Å²) in [6.07, 6.45) is 0. The Morgan fingerprint density at radius 1 is 1.32 bits per heavy atom. The molecule has 22 heavy (non-hydrogen) atoms. The molecule has 0 bridgehead atoms. The van der Waals surface area contributed by atoms with Crippen LogP contribution in [0.15, 0.2) is 45.7 Å². The normalized spacial score (nSPS) is 12.1. The second-order valence-corrected chi connectivity index (χ2v) is 6.26. The molecule has 0 radical (unpaired) electrons. The van der Waals surface area contributed by atoms with Gasteiger partial charge in [-0.3, -0.25) is 9.00 Å². The summed E-state index contributed by atoms with van der Waals surface area (Å²) in [4.78, 5) is 12.3. The Balaban J connectivity index is 1.99. The topological polar surface area (TPSA) is 68.5 Å². The Morgan fingerprint density at radius 3 is 2.82 bits per heavy atom. The third kappa shape index (κ3) is 4.43. The number of amides is 1. The SMILES string of the molecule is COCCNC(=O)c1ccc(CS(=O)c2ccccc2Cl)o1. The average Bonchev–Trinajstić information content (AvgIpc) is 2.96. The van der Waals surface area contributed by atoms with Gasteiger partial charge < -0.3 is 14.5 Å². The number of rotatable bonds is 7. The fraction of sp³-hybridized carbons (Fsp3) is 0.267. The standard InChI is InChI=1S/C15H16ClNO4S/c1-20-9-8-17-15(18)13-7-6-11(21-13)10-22(19)14-5-3-2-4-12(14)16/h2-7H,8-10H2,1H3,(H,17,18). The first-order valence-corrected chi connectivity index (χ1v) is 8.30. The second-order valence-electron chi connectivity index (χ2n) is 4.43. The summed E-state index contributed by atoms with van der Waals surface area (Å²) in [5.74, 6) is 0.485. The minimum absolute atomic E-state index is 0.162. The van der Waals surface area contributed by atoms with Gasteiger partial charge in [-0.2, -0.15) is 0 Å². The Bertz CT molecular complexity index is 671. The molecular weight excluding hydrogens is 326 g/mol. The van der Waals surface area contributed by atoms with Crippen LogP contribution in [0.1, 0.15) is 16.3 Å². The molecule has 7 heteroatoms. The highest BCUT2D eigenvalue weighted by molar-refractivity contribution is 7.84. The highest BCUT2D eigenvalue weighted by atomic mass is 35.5. The van der Waals surface area contributed by atoms with Gasteiger partial charge in [0.25, 0.3) is 5.91 Å². The molecule has 118 valence electrons. The van der Waals surface area contributed by atoms with E-state index in [1.807, 2.05) is 0 Å². The molecule has 0 spiro atoms. The molecule has 0 saturated heterocycles. The predicted molar refractivity (Wildman–Crippen MR) is 84.5 cm³/mol. The molecule has 0 aliphatic heterocycles. The highest BCUT2D eigenvalue weighted by Gasteiger charge is 2.14. The molecule has 1 unspecified atom stereocenters. The van der Waals surface area contributed by atoms with Crippen LogP contribution in [0, 0.1) is 0 Å². The molecule has 1 heterocycles. The summed E-state index contributed by atoms with van der Waals surface area (Å²) < 4.78 is 22.5. The number of ether oxygens (including phenoxy) is 1. The van der Waals surface area contributed by atoms with E-state index < -0.39 is 10.8 Å². The maximum absolute atomic E-state index is 12.3. The molecule has 2 aromatic rings. The van der Waals surface area contributed by atoms with Crippen molar-refractivity contribution in [3.63, 3.8) is 0 Å². The summed E-state index contributed by atoms with van der Waals surface area (Å²) in [5, 5.41) is 3.10. The van der Waals surface area contributed by atoms with Crippen molar-refractivity contribution in [3.8, 4) is 0 Å². The van der Waals surface area contributed by atoms with Crippen LogP contribution in [0.5, 0.6) is 0 Å². The van der Waals surface area contributed by atoms with E-state index in [9.17, 15) is 9.00 Å². The predicted octanol–water partition coefficient (Wildman–Crippen LogP) is 2.62. The number of hydrogen-bond donors (Lipinski definition) is 1. The lowest BCUT2D eigenvalue weighted by Gasteiger charge is -2.03. The smallest absolute Gasteiger partial charge is 0.287 e. The molecule has 1 amide bonds. The third-order valence-corrected chi connectivity index (χ3v) is 4.67. The lowest BCUT2D eigenvalue weighted by molar-refractivity contribution is 0.0908. The Hall–Kier alpha value is -1.63. The van der Waals surface area contributed by atoms with E-state index in [1.165, 1.54) is 0 Å². The molecule has 1 atom stereocenters. The van der Waals surface area contributed by atoms with Crippen molar-refractivity contribution >= 4 is 28.3 Å². The van der Waals surface area contributed by atoms with E-state index in [4.69, 9.17) is 20.8 Å². The van der Waals surface area contributed by atoms with Crippen LogP contribution in [0.3, 0.4) is 0 Å². The minimum atomic E-state index is -1.33. The summed E-state index contributed by atoms with van der Waals surface area (Å²) in [6.45, 7) is 0.826. The van der Waals surface area contributed by atoms with Crippen molar-refractivity contribution in [3.05, 3.63) is 52.9 Å². The van der Waals surface area contributed by atoms with Gasteiger partial charge >= 0.3 is 0 Å². The number of carbonyl (C=O) groups is 1. The van der Waals surface area contributed by atoms with Crippen molar-refractivity contribution in [2.45, 2.75) is 10.6 Å². The van der Waals surface area contributed by atoms with Gasteiger partial charge in [0.15, 0.2) is 5.76 Å². The first-order chi connectivity index (χ1) is 10.6. The first-order valence-electron chi connectivity index (χ1n) is 6.60. The van der Waals surface area contributed by atoms with Crippen LogP contribution in [-0.2, 0) is 21.3 Å². The van der Waals surface area contributed by atoms with Crippen LogP contribution in [0.2, 0.25) is 5.02 Å². The van der Waals surface area contributed by atoms with E-state index >= 15 is 0 Å². The van der Waals surface area contributed by atoms with Crippen molar-refractivity contribution in [1.82, 2.24) is 5.32 Å².